The molecule has 0 saturated carbocycles. The van der Waals surface area contributed by atoms with Gasteiger partial charge in [-0.1, -0.05) is 29.8 Å². The van der Waals surface area contributed by atoms with E-state index in [1.54, 1.807) is 0 Å². The zero-order chi connectivity index (χ0) is 21.6. The lowest BCUT2D eigenvalue weighted by molar-refractivity contribution is 0.0340. The zero-order valence-electron chi connectivity index (χ0n) is 17.5. The fourth-order valence-electron chi connectivity index (χ4n) is 4.04. The van der Waals surface area contributed by atoms with Crippen LogP contribution in [-0.2, 0) is 6.54 Å². The Kier molecular flexibility index (Phi) is 7.66. The van der Waals surface area contributed by atoms with E-state index in [1.165, 1.54) is 0 Å². The Morgan fingerprint density at radius 3 is 2.42 bits per heavy atom. The van der Waals surface area contributed by atoms with Crippen LogP contribution in [0.25, 0.3) is 0 Å². The maximum Gasteiger partial charge on any atom is 0.161 e. The van der Waals surface area contributed by atoms with Gasteiger partial charge in [0, 0.05) is 18.1 Å². The summed E-state index contributed by atoms with van der Waals surface area (Å²) in [6.45, 7) is 4.13. The Morgan fingerprint density at radius 2 is 1.68 bits per heavy atom. The summed E-state index contributed by atoms with van der Waals surface area (Å²) in [5.74, 6) is 1.33. The van der Waals surface area contributed by atoms with Crippen molar-refractivity contribution in [3.63, 3.8) is 0 Å². The van der Waals surface area contributed by atoms with Crippen LogP contribution in [0, 0.1) is 0 Å². The van der Waals surface area contributed by atoms with Crippen molar-refractivity contribution in [2.24, 2.45) is 0 Å². The molecule has 1 saturated heterocycles. The highest BCUT2D eigenvalue weighted by atomic mass is 35.5. The van der Waals surface area contributed by atoms with E-state index in [0.717, 1.165) is 37.1 Å². The molecule has 2 heterocycles. The minimum atomic E-state index is -0.977. The average molecular weight is 448 g/mol. The second-order valence-electron chi connectivity index (χ2n) is 8.04. The largest absolute Gasteiger partial charge is 0.486 e. The lowest BCUT2D eigenvalue weighted by Crippen LogP contribution is -2.53. The van der Waals surface area contributed by atoms with E-state index in [4.69, 9.17) is 21.1 Å². The molecular formula is C23H30ClN3O4. The molecule has 4 rings (SSSR count). The highest BCUT2D eigenvalue weighted by molar-refractivity contribution is 6.30. The van der Waals surface area contributed by atoms with Crippen molar-refractivity contribution in [1.29, 1.82) is 0 Å². The van der Waals surface area contributed by atoms with Gasteiger partial charge >= 0.3 is 0 Å². The van der Waals surface area contributed by atoms with Gasteiger partial charge in [-0.2, -0.15) is 0 Å². The lowest BCUT2D eigenvalue weighted by Gasteiger charge is -2.31. The van der Waals surface area contributed by atoms with Gasteiger partial charge in [0.05, 0.1) is 12.1 Å². The Bertz CT molecular complexity index is 845. The van der Waals surface area contributed by atoms with Gasteiger partial charge < -0.3 is 24.6 Å². The minimum absolute atomic E-state index is 0.367. The predicted octanol–water partition coefficient (Wildman–Crippen LogP) is 2.26. The summed E-state index contributed by atoms with van der Waals surface area (Å²) >= 11 is 5.93. The topological polar surface area (TPSA) is 86.2 Å². The third-order valence-electron chi connectivity index (χ3n) is 5.73. The number of hydrogen-bond acceptors (Lipinski definition) is 7. The number of nitrogens with one attached hydrogen (secondary N) is 2. The molecule has 1 fully saturated rings. The third-order valence-corrected chi connectivity index (χ3v) is 5.98. The molecule has 4 N–H and O–H groups in total. The normalized spacial score (nSPS) is 19.2. The number of halogens is 1. The highest BCUT2D eigenvalue weighted by Gasteiger charge is 2.28. The second kappa shape index (κ2) is 10.6. The van der Waals surface area contributed by atoms with Crippen LogP contribution in [-0.4, -0.2) is 60.4 Å². The second-order valence-corrected chi connectivity index (χ2v) is 8.48. The summed E-state index contributed by atoms with van der Waals surface area (Å²) in [6.07, 6.45) is 0.521. The first-order valence-electron chi connectivity index (χ1n) is 10.8. The van der Waals surface area contributed by atoms with E-state index in [2.05, 4.69) is 15.5 Å². The molecule has 3 atom stereocenters. The van der Waals surface area contributed by atoms with Crippen molar-refractivity contribution >= 4 is 11.6 Å². The molecule has 0 amide bonds. The Morgan fingerprint density at radius 1 is 0.968 bits per heavy atom. The molecule has 31 heavy (non-hydrogen) atoms. The summed E-state index contributed by atoms with van der Waals surface area (Å²) in [4.78, 5) is 2.31. The number of aliphatic hydroxyl groups excluding tert-OH is 2. The van der Waals surface area contributed by atoms with E-state index in [9.17, 15) is 10.2 Å². The number of likely N-dealkylation sites (tertiary alicyclic amines) is 1. The van der Waals surface area contributed by atoms with E-state index in [1.807, 2.05) is 42.5 Å². The summed E-state index contributed by atoms with van der Waals surface area (Å²) in [5, 5.41) is 28.6. The molecule has 7 nitrogen and oxygen atoms in total. The SMILES string of the molecule is OC(c1ccc2c(c1)OCCO2)[C@@H](CN1CCCC1)N[C@@H](O)NCc1ccc(Cl)cc1. The average Bonchev–Trinajstić information content (AvgIpc) is 3.30. The number of nitrogens with zero attached hydrogens (tertiary/aromatic N) is 1. The van der Waals surface area contributed by atoms with E-state index >= 15 is 0 Å². The lowest BCUT2D eigenvalue weighted by atomic mass is 10.0. The van der Waals surface area contributed by atoms with Gasteiger partial charge in [-0.25, -0.2) is 0 Å². The van der Waals surface area contributed by atoms with Crippen LogP contribution in [0.15, 0.2) is 42.5 Å². The maximum atomic E-state index is 11.2. The van der Waals surface area contributed by atoms with Crippen molar-refractivity contribution in [1.82, 2.24) is 15.5 Å². The fourth-order valence-corrected chi connectivity index (χ4v) is 4.17. The molecule has 0 bridgehead atoms. The first-order chi connectivity index (χ1) is 15.1. The molecule has 0 aromatic heterocycles. The Balaban J connectivity index is 1.42. The zero-order valence-corrected chi connectivity index (χ0v) is 18.2. The molecule has 0 aliphatic carbocycles. The first-order valence-corrected chi connectivity index (χ1v) is 11.2. The highest BCUT2D eigenvalue weighted by Crippen LogP contribution is 2.33. The molecule has 2 aliphatic rings. The number of ether oxygens (including phenoxy) is 2. The number of hydrogen-bond donors (Lipinski definition) is 4. The summed E-state index contributed by atoms with van der Waals surface area (Å²) in [7, 11) is 0. The van der Waals surface area contributed by atoms with Crippen molar-refractivity contribution < 1.29 is 19.7 Å². The van der Waals surface area contributed by atoms with Gasteiger partial charge in [-0.15, -0.1) is 0 Å². The van der Waals surface area contributed by atoms with Gasteiger partial charge in [0.2, 0.25) is 0 Å². The van der Waals surface area contributed by atoms with Crippen molar-refractivity contribution in [2.75, 3.05) is 32.8 Å². The molecular weight excluding hydrogens is 418 g/mol. The van der Waals surface area contributed by atoms with Crippen LogP contribution in [0.4, 0.5) is 0 Å². The number of benzene rings is 2. The maximum absolute atomic E-state index is 11.2. The summed E-state index contributed by atoms with van der Waals surface area (Å²) in [6, 6.07) is 12.6. The molecule has 2 aliphatic heterocycles. The van der Waals surface area contributed by atoms with Crippen molar-refractivity contribution in [3.05, 3.63) is 58.6 Å². The Hall–Kier alpha value is -1.87. The van der Waals surface area contributed by atoms with Crippen molar-refractivity contribution in [3.8, 4) is 11.5 Å². The van der Waals surface area contributed by atoms with Crippen LogP contribution >= 0.6 is 11.6 Å². The quantitative estimate of drug-likeness (QED) is 0.439. The van der Waals surface area contributed by atoms with Gasteiger partial charge in [0.25, 0.3) is 0 Å². The van der Waals surface area contributed by atoms with E-state index in [0.29, 0.717) is 42.8 Å². The summed E-state index contributed by atoms with van der Waals surface area (Å²) in [5.41, 5.74) is 1.74. The van der Waals surface area contributed by atoms with E-state index < -0.39 is 12.5 Å². The minimum Gasteiger partial charge on any atom is -0.486 e. The van der Waals surface area contributed by atoms with Crippen LogP contribution in [0.1, 0.15) is 30.1 Å². The molecule has 1 unspecified atom stereocenters. The number of aliphatic hydroxyl groups is 2. The molecule has 8 heteroatoms. The van der Waals surface area contributed by atoms with Crippen LogP contribution in [0.3, 0.4) is 0 Å². The molecule has 0 spiro atoms. The predicted molar refractivity (Wildman–Crippen MR) is 119 cm³/mol. The van der Waals surface area contributed by atoms with Gasteiger partial charge in [0.1, 0.15) is 13.2 Å². The fraction of sp³-hybridized carbons (Fsp3) is 0.478. The first kappa shape index (κ1) is 22.3. The van der Waals surface area contributed by atoms with Gasteiger partial charge in [-0.05, 0) is 61.3 Å². The molecule has 2 aromatic carbocycles. The molecule has 168 valence electrons. The van der Waals surface area contributed by atoms with Gasteiger partial charge in [0.15, 0.2) is 17.9 Å². The Labute approximate surface area is 187 Å². The third kappa shape index (κ3) is 6.10. The monoisotopic (exact) mass is 447 g/mol. The number of rotatable bonds is 9. The van der Waals surface area contributed by atoms with Crippen molar-refractivity contribution in [2.45, 2.75) is 37.9 Å². The van der Waals surface area contributed by atoms with Crippen LogP contribution in [0.2, 0.25) is 5.02 Å². The smallest absolute Gasteiger partial charge is 0.161 e. The standard InChI is InChI=1S/C23H30ClN3O4/c24-18-6-3-16(4-7-18)14-25-23(29)26-19(15-27-9-1-2-10-27)22(28)17-5-8-20-21(13-17)31-12-11-30-20/h3-8,13,19,22-23,25-26,28-29H,1-2,9-12,14-15H2/t19-,22?,23+/m1/s1. The van der Waals surface area contributed by atoms with E-state index in [-0.39, 0.29) is 6.04 Å². The van der Waals surface area contributed by atoms with Crippen LogP contribution < -0.4 is 20.1 Å². The van der Waals surface area contributed by atoms with Crippen LogP contribution in [0.5, 0.6) is 11.5 Å². The summed E-state index contributed by atoms with van der Waals surface area (Å²) < 4.78 is 11.2. The molecule has 2 aromatic rings. The molecule has 0 radical (unpaired) electrons. The van der Waals surface area contributed by atoms with Gasteiger partial charge in [-0.3, -0.25) is 10.6 Å². The number of fused-ring (bicyclic) bond motifs is 1.